The smallest absolute Gasteiger partial charge is 0.0838 e. The molecule has 1 aromatic heterocycles. The van der Waals surface area contributed by atoms with Crippen LogP contribution in [0.2, 0.25) is 10.0 Å². The first-order valence-corrected chi connectivity index (χ1v) is 7.18. The minimum Gasteiger partial charge on any atom is -0.301 e. The summed E-state index contributed by atoms with van der Waals surface area (Å²) in [5.74, 6) is 0. The normalized spacial score (nSPS) is 18.6. The molecule has 0 spiro atoms. The van der Waals surface area contributed by atoms with Gasteiger partial charge in [0.1, 0.15) is 0 Å². The fourth-order valence-corrected chi connectivity index (χ4v) is 3.02. The van der Waals surface area contributed by atoms with E-state index in [0.717, 1.165) is 17.7 Å². The van der Waals surface area contributed by atoms with Crippen molar-refractivity contribution >= 4 is 40.3 Å². The third-order valence-corrected chi connectivity index (χ3v) is 4.62. The van der Waals surface area contributed by atoms with E-state index >= 15 is 0 Å². The molecule has 1 aliphatic heterocycles. The molecule has 2 aromatic rings. The molecule has 0 saturated carbocycles. The quantitative estimate of drug-likeness (QED) is 0.867. The topological polar surface area (TPSA) is 24.4 Å². The standard InChI is InChI=1S/C13H10Cl2N2S/c14-9-4-3-8(6-10(9)15)11-7-12(17-16-11)13-2-1-5-18-13/h1-6,12,17H,7H2. The van der Waals surface area contributed by atoms with Gasteiger partial charge < -0.3 is 5.43 Å². The van der Waals surface area contributed by atoms with E-state index in [-0.39, 0.29) is 6.04 Å². The number of rotatable bonds is 2. The van der Waals surface area contributed by atoms with E-state index in [0.29, 0.717) is 10.0 Å². The fourth-order valence-electron chi connectivity index (χ4n) is 1.95. The Balaban J connectivity index is 1.81. The van der Waals surface area contributed by atoms with Crippen LogP contribution in [-0.2, 0) is 0 Å². The largest absolute Gasteiger partial charge is 0.301 e. The first kappa shape index (κ1) is 12.0. The molecule has 92 valence electrons. The van der Waals surface area contributed by atoms with Gasteiger partial charge in [-0.2, -0.15) is 5.10 Å². The number of hydrogen-bond acceptors (Lipinski definition) is 3. The van der Waals surface area contributed by atoms with Crippen LogP contribution in [0.25, 0.3) is 0 Å². The molecule has 18 heavy (non-hydrogen) atoms. The predicted octanol–water partition coefficient (Wildman–Crippen LogP) is 4.49. The molecule has 0 radical (unpaired) electrons. The van der Waals surface area contributed by atoms with Crippen molar-refractivity contribution in [3.63, 3.8) is 0 Å². The molecular weight excluding hydrogens is 287 g/mol. The molecule has 1 aromatic carbocycles. The molecule has 3 rings (SSSR count). The average Bonchev–Trinajstić information content (AvgIpc) is 3.01. The van der Waals surface area contributed by atoms with Crippen LogP contribution < -0.4 is 5.43 Å². The molecular formula is C13H10Cl2N2S. The Bertz CT molecular complexity index is 593. The summed E-state index contributed by atoms with van der Waals surface area (Å²) in [4.78, 5) is 1.30. The summed E-state index contributed by atoms with van der Waals surface area (Å²) in [6, 6.07) is 10.1. The second kappa shape index (κ2) is 4.92. The van der Waals surface area contributed by atoms with Gasteiger partial charge >= 0.3 is 0 Å². The molecule has 0 fully saturated rings. The molecule has 0 bridgehead atoms. The maximum absolute atomic E-state index is 6.02. The summed E-state index contributed by atoms with van der Waals surface area (Å²) >= 11 is 13.7. The summed E-state index contributed by atoms with van der Waals surface area (Å²) in [5.41, 5.74) is 5.21. The molecule has 5 heteroatoms. The number of halogens is 2. The van der Waals surface area contributed by atoms with Crippen LogP contribution in [-0.4, -0.2) is 5.71 Å². The van der Waals surface area contributed by atoms with E-state index < -0.39 is 0 Å². The Kier molecular flexibility index (Phi) is 3.29. The van der Waals surface area contributed by atoms with E-state index in [9.17, 15) is 0 Å². The monoisotopic (exact) mass is 296 g/mol. The van der Waals surface area contributed by atoms with Crippen LogP contribution in [0.4, 0.5) is 0 Å². The molecule has 2 heterocycles. The van der Waals surface area contributed by atoms with Crippen molar-refractivity contribution in [2.75, 3.05) is 0 Å². The molecule has 0 amide bonds. The summed E-state index contributed by atoms with van der Waals surface area (Å²) in [7, 11) is 0. The summed E-state index contributed by atoms with van der Waals surface area (Å²) in [6.45, 7) is 0. The van der Waals surface area contributed by atoms with Gasteiger partial charge in [0.05, 0.1) is 21.8 Å². The Morgan fingerprint density at radius 2 is 2.11 bits per heavy atom. The second-order valence-electron chi connectivity index (χ2n) is 4.09. The van der Waals surface area contributed by atoms with Gasteiger partial charge in [0.15, 0.2) is 0 Å². The van der Waals surface area contributed by atoms with Crippen molar-refractivity contribution in [1.82, 2.24) is 5.43 Å². The Morgan fingerprint density at radius 1 is 1.22 bits per heavy atom. The lowest BCUT2D eigenvalue weighted by Gasteiger charge is -2.06. The highest BCUT2D eigenvalue weighted by Gasteiger charge is 2.22. The van der Waals surface area contributed by atoms with Crippen LogP contribution in [0.3, 0.4) is 0 Å². The highest BCUT2D eigenvalue weighted by Crippen LogP contribution is 2.29. The average molecular weight is 297 g/mol. The number of nitrogens with zero attached hydrogens (tertiary/aromatic N) is 1. The van der Waals surface area contributed by atoms with E-state index in [1.165, 1.54) is 4.88 Å². The van der Waals surface area contributed by atoms with Crippen LogP contribution in [0.15, 0.2) is 40.8 Å². The van der Waals surface area contributed by atoms with Crippen LogP contribution >= 0.6 is 34.5 Å². The van der Waals surface area contributed by atoms with E-state index in [2.05, 4.69) is 28.0 Å². The van der Waals surface area contributed by atoms with Crippen molar-refractivity contribution in [3.05, 3.63) is 56.2 Å². The highest BCUT2D eigenvalue weighted by molar-refractivity contribution is 7.10. The Hall–Kier alpha value is -1.03. The van der Waals surface area contributed by atoms with Gasteiger partial charge in [0.2, 0.25) is 0 Å². The van der Waals surface area contributed by atoms with E-state index in [4.69, 9.17) is 23.2 Å². The summed E-state index contributed by atoms with van der Waals surface area (Å²) in [6.07, 6.45) is 0.873. The first-order valence-electron chi connectivity index (χ1n) is 5.55. The lowest BCUT2D eigenvalue weighted by Crippen LogP contribution is -2.07. The van der Waals surface area contributed by atoms with Gasteiger partial charge in [-0.25, -0.2) is 0 Å². The Labute approximate surface area is 119 Å². The summed E-state index contributed by atoms with van der Waals surface area (Å²) < 4.78 is 0. The Morgan fingerprint density at radius 3 is 2.83 bits per heavy atom. The molecule has 1 N–H and O–H groups in total. The number of hydrazone groups is 1. The van der Waals surface area contributed by atoms with Gasteiger partial charge in [-0.05, 0) is 29.1 Å². The minimum atomic E-state index is 0.273. The zero-order valence-corrected chi connectivity index (χ0v) is 11.7. The summed E-state index contributed by atoms with van der Waals surface area (Å²) in [5, 5.41) is 7.60. The fraction of sp³-hybridized carbons (Fsp3) is 0.154. The number of nitrogens with one attached hydrogen (secondary N) is 1. The van der Waals surface area contributed by atoms with Crippen molar-refractivity contribution < 1.29 is 0 Å². The minimum absolute atomic E-state index is 0.273. The van der Waals surface area contributed by atoms with Crippen LogP contribution in [0, 0.1) is 0 Å². The van der Waals surface area contributed by atoms with Gasteiger partial charge in [0, 0.05) is 11.3 Å². The molecule has 1 unspecified atom stereocenters. The van der Waals surface area contributed by atoms with Crippen LogP contribution in [0.1, 0.15) is 22.9 Å². The first-order chi connectivity index (χ1) is 8.74. The lowest BCUT2D eigenvalue weighted by atomic mass is 10.0. The van der Waals surface area contributed by atoms with Crippen molar-refractivity contribution in [2.24, 2.45) is 5.10 Å². The van der Waals surface area contributed by atoms with E-state index in [1.807, 2.05) is 12.1 Å². The third kappa shape index (κ3) is 2.26. The van der Waals surface area contributed by atoms with Crippen molar-refractivity contribution in [3.8, 4) is 0 Å². The molecule has 1 atom stereocenters. The zero-order valence-electron chi connectivity index (χ0n) is 9.36. The SMILES string of the molecule is Clc1ccc(C2=NNC(c3cccs3)C2)cc1Cl. The molecule has 1 aliphatic rings. The van der Waals surface area contributed by atoms with Crippen molar-refractivity contribution in [1.29, 1.82) is 0 Å². The lowest BCUT2D eigenvalue weighted by molar-refractivity contribution is 0.630. The highest BCUT2D eigenvalue weighted by atomic mass is 35.5. The number of thiophene rings is 1. The maximum Gasteiger partial charge on any atom is 0.0838 e. The number of benzene rings is 1. The van der Waals surface area contributed by atoms with Gasteiger partial charge in [-0.1, -0.05) is 35.3 Å². The van der Waals surface area contributed by atoms with Gasteiger partial charge in [0.25, 0.3) is 0 Å². The van der Waals surface area contributed by atoms with Crippen LogP contribution in [0.5, 0.6) is 0 Å². The molecule has 0 saturated heterocycles. The van der Waals surface area contributed by atoms with E-state index in [1.54, 1.807) is 17.4 Å². The number of hydrogen-bond donors (Lipinski definition) is 1. The maximum atomic E-state index is 6.02. The molecule has 0 aliphatic carbocycles. The van der Waals surface area contributed by atoms with Crippen molar-refractivity contribution in [2.45, 2.75) is 12.5 Å². The zero-order chi connectivity index (χ0) is 12.5. The van der Waals surface area contributed by atoms with Gasteiger partial charge in [-0.3, -0.25) is 0 Å². The van der Waals surface area contributed by atoms with Gasteiger partial charge in [-0.15, -0.1) is 11.3 Å². The molecule has 2 nitrogen and oxygen atoms in total. The predicted molar refractivity (Wildman–Crippen MR) is 77.8 cm³/mol. The second-order valence-corrected chi connectivity index (χ2v) is 5.88. The third-order valence-electron chi connectivity index (χ3n) is 2.89.